The first-order valence-corrected chi connectivity index (χ1v) is 14.4. The lowest BCUT2D eigenvalue weighted by atomic mass is 9.84. The van der Waals surface area contributed by atoms with Crippen LogP contribution in [0, 0.1) is 5.92 Å². The van der Waals surface area contributed by atoms with E-state index in [1.807, 2.05) is 65.4 Å². The van der Waals surface area contributed by atoms with Crippen molar-refractivity contribution in [2.45, 2.75) is 57.7 Å². The second kappa shape index (κ2) is 13.6. The largest absolute Gasteiger partial charge is 0.366 e. The minimum Gasteiger partial charge on any atom is -0.366 e. The first kappa shape index (κ1) is 27.9. The van der Waals surface area contributed by atoms with Gasteiger partial charge in [0.05, 0.1) is 0 Å². The van der Waals surface area contributed by atoms with Crippen LogP contribution in [0.2, 0.25) is 10.0 Å². The molecule has 10 heteroatoms. The number of anilines is 2. The number of imidazole rings is 1. The van der Waals surface area contributed by atoms with Crippen LogP contribution in [0.15, 0.2) is 73.3 Å². The highest BCUT2D eigenvalue weighted by molar-refractivity contribution is 6.30. The van der Waals surface area contributed by atoms with Crippen molar-refractivity contribution >= 4 is 40.9 Å². The number of carbonyl (C=O) groups excluding carboxylic acids is 1. The van der Waals surface area contributed by atoms with Gasteiger partial charge in [-0.3, -0.25) is 9.36 Å². The number of hydrogen-bond acceptors (Lipinski definition) is 6. The molecule has 208 valence electrons. The monoisotopic (exact) mass is 577 g/mol. The summed E-state index contributed by atoms with van der Waals surface area (Å²) in [5.41, 5.74) is 2.02. The predicted molar refractivity (Wildman–Crippen MR) is 160 cm³/mol. The SMILES string of the molecule is O=C(NCc1ccc(Cl)cc1)C(CC1CCCCC1)Nc1nc(NCc2cccc(Cl)c2)cc(-n2ccnc2)n1. The van der Waals surface area contributed by atoms with Crippen molar-refractivity contribution in [2.75, 3.05) is 10.6 Å². The van der Waals surface area contributed by atoms with Crippen LogP contribution in [-0.2, 0) is 17.9 Å². The molecule has 1 unspecified atom stereocenters. The molecule has 2 aromatic carbocycles. The van der Waals surface area contributed by atoms with E-state index in [-0.39, 0.29) is 5.91 Å². The molecule has 3 N–H and O–H groups in total. The maximum Gasteiger partial charge on any atom is 0.242 e. The smallest absolute Gasteiger partial charge is 0.242 e. The summed E-state index contributed by atoms with van der Waals surface area (Å²) < 4.78 is 1.81. The lowest BCUT2D eigenvalue weighted by Gasteiger charge is -2.27. The normalized spacial score (nSPS) is 14.4. The van der Waals surface area contributed by atoms with Gasteiger partial charge in [-0.05, 0) is 47.7 Å². The van der Waals surface area contributed by atoms with Crippen molar-refractivity contribution in [1.29, 1.82) is 0 Å². The van der Waals surface area contributed by atoms with Crippen LogP contribution < -0.4 is 16.0 Å². The van der Waals surface area contributed by atoms with E-state index in [0.29, 0.717) is 46.6 Å². The van der Waals surface area contributed by atoms with Crippen molar-refractivity contribution in [1.82, 2.24) is 24.8 Å². The number of amides is 1. The summed E-state index contributed by atoms with van der Waals surface area (Å²) in [7, 11) is 0. The van der Waals surface area contributed by atoms with Gasteiger partial charge in [0, 0.05) is 41.6 Å². The minimum absolute atomic E-state index is 0.0782. The topological polar surface area (TPSA) is 96.8 Å². The van der Waals surface area contributed by atoms with Crippen LogP contribution in [0.4, 0.5) is 11.8 Å². The predicted octanol–water partition coefficient (Wildman–Crippen LogP) is 6.65. The van der Waals surface area contributed by atoms with Crippen LogP contribution in [0.25, 0.3) is 5.82 Å². The highest BCUT2D eigenvalue weighted by atomic mass is 35.5. The maximum atomic E-state index is 13.5. The number of hydrogen-bond donors (Lipinski definition) is 3. The van der Waals surface area contributed by atoms with Crippen molar-refractivity contribution in [3.8, 4) is 5.82 Å². The van der Waals surface area contributed by atoms with Gasteiger partial charge in [-0.1, -0.05) is 79.6 Å². The molecule has 0 saturated heterocycles. The summed E-state index contributed by atoms with van der Waals surface area (Å²) in [5.74, 6) is 2.04. The van der Waals surface area contributed by atoms with Crippen LogP contribution in [0.3, 0.4) is 0 Å². The Bertz CT molecular complexity index is 1390. The summed E-state index contributed by atoms with van der Waals surface area (Å²) in [6.07, 6.45) is 11.9. The Morgan fingerprint density at radius 1 is 0.950 bits per heavy atom. The molecule has 0 spiro atoms. The lowest BCUT2D eigenvalue weighted by molar-refractivity contribution is -0.122. The second-order valence-corrected chi connectivity index (χ2v) is 11.0. The van der Waals surface area contributed by atoms with Crippen LogP contribution in [0.1, 0.15) is 49.7 Å². The summed E-state index contributed by atoms with van der Waals surface area (Å²) in [5, 5.41) is 11.2. The maximum absolute atomic E-state index is 13.5. The first-order chi connectivity index (χ1) is 19.5. The third kappa shape index (κ3) is 7.96. The molecule has 0 bridgehead atoms. The van der Waals surface area contributed by atoms with Crippen molar-refractivity contribution in [2.24, 2.45) is 5.92 Å². The summed E-state index contributed by atoms with van der Waals surface area (Å²) >= 11 is 12.2. The molecular formula is C30H33Cl2N7O. The van der Waals surface area contributed by atoms with Gasteiger partial charge in [-0.2, -0.15) is 9.97 Å². The van der Waals surface area contributed by atoms with Gasteiger partial charge in [0.25, 0.3) is 0 Å². The van der Waals surface area contributed by atoms with E-state index in [0.717, 1.165) is 30.4 Å². The van der Waals surface area contributed by atoms with E-state index in [1.165, 1.54) is 19.3 Å². The minimum atomic E-state index is -0.478. The second-order valence-electron chi connectivity index (χ2n) is 10.2. The Hall–Kier alpha value is -3.62. The Kier molecular flexibility index (Phi) is 9.52. The zero-order valence-corrected chi connectivity index (χ0v) is 23.7. The zero-order chi connectivity index (χ0) is 27.7. The van der Waals surface area contributed by atoms with Gasteiger partial charge in [-0.15, -0.1) is 0 Å². The average Bonchev–Trinajstić information content (AvgIpc) is 3.51. The molecule has 4 aromatic rings. The molecule has 8 nitrogen and oxygen atoms in total. The number of carbonyl (C=O) groups is 1. The molecule has 1 amide bonds. The Morgan fingerprint density at radius 3 is 2.52 bits per heavy atom. The Morgan fingerprint density at radius 2 is 1.77 bits per heavy atom. The fourth-order valence-corrected chi connectivity index (χ4v) is 5.35. The molecule has 2 heterocycles. The van der Waals surface area contributed by atoms with Gasteiger partial charge in [0.15, 0.2) is 0 Å². The molecule has 1 saturated carbocycles. The van der Waals surface area contributed by atoms with Gasteiger partial charge < -0.3 is 16.0 Å². The van der Waals surface area contributed by atoms with Crippen LogP contribution >= 0.6 is 23.2 Å². The van der Waals surface area contributed by atoms with Crippen LogP contribution in [-0.4, -0.2) is 31.5 Å². The molecule has 0 radical (unpaired) electrons. The zero-order valence-electron chi connectivity index (χ0n) is 22.2. The first-order valence-electron chi connectivity index (χ1n) is 13.7. The third-order valence-electron chi connectivity index (χ3n) is 7.14. The van der Waals surface area contributed by atoms with Gasteiger partial charge in [0.1, 0.15) is 24.0 Å². The highest BCUT2D eigenvalue weighted by Crippen LogP contribution is 2.28. The van der Waals surface area contributed by atoms with E-state index < -0.39 is 6.04 Å². The quantitative estimate of drug-likeness (QED) is 0.185. The molecule has 40 heavy (non-hydrogen) atoms. The van der Waals surface area contributed by atoms with E-state index in [1.54, 1.807) is 12.5 Å². The molecule has 1 atom stereocenters. The molecule has 5 rings (SSSR count). The van der Waals surface area contributed by atoms with Crippen LogP contribution in [0.5, 0.6) is 0 Å². The molecule has 1 aliphatic carbocycles. The number of aromatic nitrogens is 4. The number of halogens is 2. The molecule has 1 aliphatic rings. The number of benzene rings is 2. The van der Waals surface area contributed by atoms with Crippen molar-refractivity contribution in [3.63, 3.8) is 0 Å². The van der Waals surface area contributed by atoms with Crippen molar-refractivity contribution < 1.29 is 4.79 Å². The average molecular weight is 579 g/mol. The third-order valence-corrected chi connectivity index (χ3v) is 7.62. The standard InChI is InChI=1S/C30H33Cl2N7O/c31-24-11-9-22(10-12-24)18-35-29(40)26(16-21-5-2-1-3-6-21)36-30-37-27(17-28(38-30)39-14-13-33-20-39)34-19-23-7-4-8-25(32)15-23/h4,7-15,17,20-21,26H,1-3,5-6,16,18-19H2,(H,35,40)(H2,34,36,37,38). The molecule has 1 fully saturated rings. The van der Waals surface area contributed by atoms with E-state index in [2.05, 4.69) is 20.9 Å². The molecule has 2 aromatic heterocycles. The number of nitrogens with one attached hydrogen (secondary N) is 3. The summed E-state index contributed by atoms with van der Waals surface area (Å²) in [4.78, 5) is 27.1. The van der Waals surface area contributed by atoms with Crippen molar-refractivity contribution in [3.05, 3.63) is 94.5 Å². The number of rotatable bonds is 11. The Balaban J connectivity index is 1.36. The van der Waals surface area contributed by atoms with Gasteiger partial charge in [0.2, 0.25) is 11.9 Å². The molecule has 0 aliphatic heterocycles. The summed E-state index contributed by atoms with van der Waals surface area (Å²) in [6.45, 7) is 0.953. The number of nitrogens with zero attached hydrogens (tertiary/aromatic N) is 4. The van der Waals surface area contributed by atoms with Gasteiger partial charge in [-0.25, -0.2) is 4.98 Å². The fraction of sp³-hybridized carbons (Fsp3) is 0.333. The van der Waals surface area contributed by atoms with E-state index in [9.17, 15) is 4.79 Å². The molecular weight excluding hydrogens is 545 g/mol. The van der Waals surface area contributed by atoms with E-state index >= 15 is 0 Å². The Labute approximate surface area is 244 Å². The highest BCUT2D eigenvalue weighted by Gasteiger charge is 2.25. The fourth-order valence-electron chi connectivity index (χ4n) is 5.01. The van der Waals surface area contributed by atoms with Gasteiger partial charge >= 0.3 is 0 Å². The van der Waals surface area contributed by atoms with E-state index in [4.69, 9.17) is 33.2 Å². The lowest BCUT2D eigenvalue weighted by Crippen LogP contribution is -2.41. The summed E-state index contributed by atoms with van der Waals surface area (Å²) in [6, 6.07) is 16.5.